The van der Waals surface area contributed by atoms with E-state index in [1.165, 1.54) is 45.9 Å². The predicted molar refractivity (Wildman–Crippen MR) is 174 cm³/mol. The summed E-state index contributed by atoms with van der Waals surface area (Å²) in [6.45, 7) is 3.97. The van der Waals surface area contributed by atoms with E-state index in [-0.39, 0.29) is 18.1 Å². The first-order chi connectivity index (χ1) is 22.0. The van der Waals surface area contributed by atoms with Crippen molar-refractivity contribution in [2.45, 2.75) is 38.1 Å². The van der Waals surface area contributed by atoms with Crippen molar-refractivity contribution in [1.82, 2.24) is 19.2 Å². The summed E-state index contributed by atoms with van der Waals surface area (Å²) in [7, 11) is 4.74. The van der Waals surface area contributed by atoms with Crippen LogP contribution in [-0.2, 0) is 9.53 Å². The Bertz CT molecular complexity index is 1920. The molecular formula is C35H40N4O6. The van der Waals surface area contributed by atoms with Gasteiger partial charge in [0, 0.05) is 54.7 Å². The fourth-order valence-corrected chi connectivity index (χ4v) is 7.72. The number of piperidine rings is 2. The number of fused-ring (bicyclic) bond motifs is 6. The lowest BCUT2D eigenvalue weighted by Crippen LogP contribution is -2.52. The van der Waals surface area contributed by atoms with E-state index in [1.807, 2.05) is 35.2 Å². The molecule has 0 spiro atoms. The van der Waals surface area contributed by atoms with Crippen molar-refractivity contribution in [2.24, 2.45) is 5.92 Å². The summed E-state index contributed by atoms with van der Waals surface area (Å²) >= 11 is 0. The first kappa shape index (κ1) is 29.6. The standard InChI is InChI=1S/C35H40N4O6/c1-42-18-17-38(20-22-7-6-16-37-15-5-4-8-27(22)37)30(40)21-45-23-9-10-24-25-13-14-36-32-26-11-12-29(43-2)34(44-3)31(26)35(41)39(33(25)32)28(24)19-23/h9-14,19,22,27H,4-8,15-18,20-21H2,1-3H3. The minimum Gasteiger partial charge on any atom is -0.493 e. The highest BCUT2D eigenvalue weighted by Gasteiger charge is 2.34. The Morgan fingerprint density at radius 1 is 0.978 bits per heavy atom. The zero-order valence-electron chi connectivity index (χ0n) is 26.2. The number of rotatable bonds is 10. The number of pyridine rings is 2. The number of ether oxygens (including phenoxy) is 4. The number of amides is 1. The van der Waals surface area contributed by atoms with E-state index in [9.17, 15) is 9.59 Å². The van der Waals surface area contributed by atoms with Crippen LogP contribution in [0.15, 0.2) is 47.4 Å². The third-order valence-corrected chi connectivity index (χ3v) is 9.83. The van der Waals surface area contributed by atoms with Gasteiger partial charge >= 0.3 is 0 Å². The summed E-state index contributed by atoms with van der Waals surface area (Å²) in [6.07, 6.45) is 7.82. The average molecular weight is 613 g/mol. The molecule has 2 aliphatic heterocycles. The van der Waals surface area contributed by atoms with Crippen molar-refractivity contribution in [3.8, 4) is 17.2 Å². The van der Waals surface area contributed by atoms with Crippen molar-refractivity contribution in [3.05, 3.63) is 52.9 Å². The predicted octanol–water partition coefficient (Wildman–Crippen LogP) is 4.73. The lowest BCUT2D eigenvalue weighted by atomic mass is 9.83. The fraction of sp³-hybridized carbons (Fsp3) is 0.457. The molecule has 10 heteroatoms. The summed E-state index contributed by atoms with van der Waals surface area (Å²) in [5.41, 5.74) is 1.88. The zero-order valence-corrected chi connectivity index (χ0v) is 26.2. The van der Waals surface area contributed by atoms with Gasteiger partial charge in [-0.2, -0.15) is 0 Å². The Morgan fingerprint density at radius 2 is 1.82 bits per heavy atom. The maximum absolute atomic E-state index is 14.2. The van der Waals surface area contributed by atoms with Gasteiger partial charge in [-0.05, 0) is 75.0 Å². The van der Waals surface area contributed by atoms with Crippen molar-refractivity contribution in [3.63, 3.8) is 0 Å². The molecule has 0 aliphatic carbocycles. The molecule has 2 aromatic carbocycles. The number of hydrogen-bond donors (Lipinski definition) is 0. The third-order valence-electron chi connectivity index (χ3n) is 9.83. The van der Waals surface area contributed by atoms with Crippen molar-refractivity contribution >= 4 is 44.0 Å². The smallest absolute Gasteiger partial charge is 0.267 e. The number of carbonyl (C=O) groups excluding carboxylic acids is 1. The van der Waals surface area contributed by atoms with Gasteiger partial charge in [-0.3, -0.25) is 19.0 Å². The highest BCUT2D eigenvalue weighted by atomic mass is 16.5. The lowest BCUT2D eigenvalue weighted by molar-refractivity contribution is -0.135. The normalized spacial score (nSPS) is 18.9. The zero-order chi connectivity index (χ0) is 31.1. The van der Waals surface area contributed by atoms with Crippen molar-refractivity contribution < 1.29 is 23.7 Å². The quantitative estimate of drug-likeness (QED) is 0.209. The molecule has 2 fully saturated rings. The fourth-order valence-electron chi connectivity index (χ4n) is 7.72. The molecule has 0 saturated carbocycles. The SMILES string of the molecule is COCCN(CC1CCCN2CCCCC12)C(=O)COc1ccc2c3ccnc4c5ccc(OC)c(OC)c5c(=O)n(c2c1)c34. The first-order valence-corrected chi connectivity index (χ1v) is 15.9. The van der Waals surface area contributed by atoms with Gasteiger partial charge in [0.1, 0.15) is 5.75 Å². The highest BCUT2D eigenvalue weighted by Crippen LogP contribution is 2.39. The van der Waals surface area contributed by atoms with Gasteiger partial charge in [0.05, 0.1) is 42.8 Å². The van der Waals surface area contributed by atoms with E-state index in [0.29, 0.717) is 64.2 Å². The Balaban J connectivity index is 1.21. The van der Waals surface area contributed by atoms with E-state index >= 15 is 0 Å². The molecule has 7 rings (SSSR count). The van der Waals surface area contributed by atoms with Gasteiger partial charge in [-0.15, -0.1) is 0 Å². The van der Waals surface area contributed by atoms with Crippen LogP contribution in [0.4, 0.5) is 0 Å². The molecule has 1 amide bonds. The van der Waals surface area contributed by atoms with Crippen LogP contribution >= 0.6 is 0 Å². The topological polar surface area (TPSA) is 94.8 Å². The van der Waals surface area contributed by atoms with E-state index in [0.717, 1.165) is 29.3 Å². The molecule has 2 atom stereocenters. The van der Waals surface area contributed by atoms with Crippen LogP contribution in [0, 0.1) is 5.92 Å². The van der Waals surface area contributed by atoms with Crippen LogP contribution in [0.3, 0.4) is 0 Å². The summed E-state index contributed by atoms with van der Waals surface area (Å²) in [6, 6.07) is 11.8. The molecule has 2 unspecified atom stereocenters. The summed E-state index contributed by atoms with van der Waals surface area (Å²) in [5.74, 6) is 1.76. The minimum atomic E-state index is -0.232. The number of nitrogens with zero attached hydrogens (tertiary/aromatic N) is 4. The number of methoxy groups -OCH3 is 3. The van der Waals surface area contributed by atoms with Crippen molar-refractivity contribution in [1.29, 1.82) is 0 Å². The number of benzene rings is 2. The van der Waals surface area contributed by atoms with Gasteiger partial charge < -0.3 is 28.7 Å². The Morgan fingerprint density at radius 3 is 2.64 bits per heavy atom. The molecule has 0 radical (unpaired) electrons. The van der Waals surface area contributed by atoms with Crippen LogP contribution in [0.5, 0.6) is 17.2 Å². The second kappa shape index (κ2) is 12.3. The third kappa shape index (κ3) is 5.10. The minimum absolute atomic E-state index is 0.0601. The number of aromatic nitrogens is 2. The molecule has 0 N–H and O–H groups in total. The van der Waals surface area contributed by atoms with Gasteiger partial charge in [0.2, 0.25) is 0 Å². The Kier molecular flexibility index (Phi) is 8.10. The van der Waals surface area contributed by atoms with Gasteiger partial charge in [0.25, 0.3) is 11.5 Å². The average Bonchev–Trinajstić information content (AvgIpc) is 3.41. The van der Waals surface area contributed by atoms with E-state index < -0.39 is 0 Å². The van der Waals surface area contributed by atoms with Gasteiger partial charge in [0.15, 0.2) is 18.1 Å². The molecular weight excluding hydrogens is 572 g/mol. The summed E-state index contributed by atoms with van der Waals surface area (Å²) < 4.78 is 24.3. The molecule has 3 aromatic heterocycles. The van der Waals surface area contributed by atoms with Crippen LogP contribution in [0.1, 0.15) is 32.1 Å². The largest absolute Gasteiger partial charge is 0.493 e. The van der Waals surface area contributed by atoms with Crippen LogP contribution in [0.25, 0.3) is 38.1 Å². The van der Waals surface area contributed by atoms with Crippen LogP contribution < -0.4 is 19.8 Å². The van der Waals surface area contributed by atoms with Gasteiger partial charge in [-0.1, -0.05) is 6.42 Å². The molecule has 2 aliphatic rings. The summed E-state index contributed by atoms with van der Waals surface area (Å²) in [4.78, 5) is 37.0. The molecule has 5 heterocycles. The van der Waals surface area contributed by atoms with Gasteiger partial charge in [-0.25, -0.2) is 0 Å². The Labute approximate surface area is 261 Å². The number of hydrogen-bond acceptors (Lipinski definition) is 8. The monoisotopic (exact) mass is 612 g/mol. The van der Waals surface area contributed by atoms with E-state index in [2.05, 4.69) is 9.88 Å². The van der Waals surface area contributed by atoms with E-state index in [1.54, 1.807) is 30.9 Å². The van der Waals surface area contributed by atoms with E-state index in [4.69, 9.17) is 18.9 Å². The van der Waals surface area contributed by atoms with Crippen LogP contribution in [-0.4, -0.2) is 91.9 Å². The molecule has 10 nitrogen and oxygen atoms in total. The maximum atomic E-state index is 14.2. The Hall–Kier alpha value is -4.15. The number of carbonyl (C=O) groups is 1. The maximum Gasteiger partial charge on any atom is 0.267 e. The lowest BCUT2D eigenvalue weighted by Gasteiger charge is -2.45. The highest BCUT2D eigenvalue weighted by molar-refractivity contribution is 6.19. The second-order valence-corrected chi connectivity index (χ2v) is 12.2. The summed E-state index contributed by atoms with van der Waals surface area (Å²) in [5, 5.41) is 2.92. The molecule has 2 saturated heterocycles. The molecule has 45 heavy (non-hydrogen) atoms. The van der Waals surface area contributed by atoms with Crippen molar-refractivity contribution in [2.75, 3.05) is 60.7 Å². The first-order valence-electron chi connectivity index (χ1n) is 15.9. The second-order valence-electron chi connectivity index (χ2n) is 12.2. The molecule has 236 valence electrons. The van der Waals surface area contributed by atoms with Crippen LogP contribution in [0.2, 0.25) is 0 Å². The molecule has 0 bridgehead atoms. The molecule has 5 aromatic rings.